The summed E-state index contributed by atoms with van der Waals surface area (Å²) in [5, 5.41) is 2.79. The third kappa shape index (κ3) is 2.96. The summed E-state index contributed by atoms with van der Waals surface area (Å²) < 4.78 is 27.7. The lowest BCUT2D eigenvalue weighted by Crippen LogP contribution is -2.17. The fraction of sp³-hybridized carbons (Fsp3) is 0.278. The Morgan fingerprint density at radius 3 is 2.58 bits per heavy atom. The molecule has 1 amide bonds. The van der Waals surface area contributed by atoms with Gasteiger partial charge in [0.1, 0.15) is 11.5 Å². The van der Waals surface area contributed by atoms with Crippen molar-refractivity contribution in [1.82, 2.24) is 0 Å². The van der Waals surface area contributed by atoms with Crippen molar-refractivity contribution in [3.8, 4) is 11.1 Å². The number of halogens is 3. The molecule has 2 atom stereocenters. The summed E-state index contributed by atoms with van der Waals surface area (Å²) in [4.78, 5) is 11.7. The maximum Gasteiger partial charge on any atom is 0.229 e. The molecule has 2 aromatic rings. The second kappa shape index (κ2) is 5.74. The van der Waals surface area contributed by atoms with Crippen molar-refractivity contribution in [2.24, 2.45) is 5.92 Å². The number of carbonyl (C=O) groups excluding carboxylic acids is 1. The number of anilines is 2. The van der Waals surface area contributed by atoms with Crippen LogP contribution in [-0.4, -0.2) is 10.8 Å². The number of carbonyl (C=O) groups is 1. The number of aryl methyl sites for hydroxylation is 1. The van der Waals surface area contributed by atoms with Gasteiger partial charge >= 0.3 is 0 Å². The summed E-state index contributed by atoms with van der Waals surface area (Å²) in [5.41, 5.74) is 6.96. The summed E-state index contributed by atoms with van der Waals surface area (Å²) in [6.45, 7) is 3.62. The Kier molecular flexibility index (Phi) is 4.00. The zero-order valence-electron chi connectivity index (χ0n) is 13.3. The quantitative estimate of drug-likeness (QED) is 0.633. The molecule has 0 aliphatic heterocycles. The topological polar surface area (TPSA) is 55.1 Å². The number of nitrogens with two attached hydrogens (primary N) is 1. The molecule has 0 heterocycles. The average Bonchev–Trinajstić information content (AvgIpc) is 3.16. The molecule has 3 nitrogen and oxygen atoms in total. The maximum absolute atomic E-state index is 14.3. The van der Waals surface area contributed by atoms with Gasteiger partial charge in [0.25, 0.3) is 0 Å². The van der Waals surface area contributed by atoms with Crippen molar-refractivity contribution in [1.29, 1.82) is 0 Å². The van der Waals surface area contributed by atoms with E-state index >= 15 is 0 Å². The van der Waals surface area contributed by atoms with Crippen molar-refractivity contribution in [2.45, 2.75) is 25.1 Å². The number of rotatable bonds is 3. The minimum absolute atomic E-state index is 0.165. The molecule has 1 fully saturated rings. The van der Waals surface area contributed by atoms with Crippen LogP contribution in [0, 0.1) is 24.5 Å². The maximum atomic E-state index is 14.3. The Labute approximate surface area is 143 Å². The van der Waals surface area contributed by atoms with E-state index in [1.54, 1.807) is 25.1 Å². The lowest BCUT2D eigenvalue weighted by Gasteiger charge is -2.13. The van der Waals surface area contributed by atoms with Gasteiger partial charge in [-0.05, 0) is 55.7 Å². The van der Waals surface area contributed by atoms with Crippen LogP contribution in [0.2, 0.25) is 0 Å². The summed E-state index contributed by atoms with van der Waals surface area (Å²) in [6.07, 6.45) is 0.627. The van der Waals surface area contributed by atoms with Gasteiger partial charge in [-0.2, -0.15) is 0 Å². The Morgan fingerprint density at radius 2 is 1.96 bits per heavy atom. The molecular formula is C18H17ClF2N2O. The SMILES string of the molecule is Cc1ccc(NC(=O)C2CC2(C)Cl)cc1-c1ccc(F)c(N)c1F. The smallest absolute Gasteiger partial charge is 0.229 e. The highest BCUT2D eigenvalue weighted by Gasteiger charge is 2.53. The van der Waals surface area contributed by atoms with Gasteiger partial charge in [-0.25, -0.2) is 8.78 Å². The first kappa shape index (κ1) is 16.7. The van der Waals surface area contributed by atoms with Gasteiger partial charge in [-0.15, -0.1) is 11.6 Å². The van der Waals surface area contributed by atoms with E-state index in [1.165, 1.54) is 6.07 Å². The summed E-state index contributed by atoms with van der Waals surface area (Å²) >= 11 is 6.11. The molecule has 0 spiro atoms. The highest BCUT2D eigenvalue weighted by molar-refractivity contribution is 6.28. The van der Waals surface area contributed by atoms with Crippen molar-refractivity contribution < 1.29 is 13.6 Å². The number of hydrogen-bond donors (Lipinski definition) is 2. The molecular weight excluding hydrogens is 334 g/mol. The fourth-order valence-corrected chi connectivity index (χ4v) is 2.96. The number of nitrogens with one attached hydrogen (secondary N) is 1. The zero-order chi connectivity index (χ0) is 17.6. The predicted molar refractivity (Wildman–Crippen MR) is 91.9 cm³/mol. The Balaban J connectivity index is 1.93. The second-order valence-corrected chi connectivity index (χ2v) is 7.24. The largest absolute Gasteiger partial charge is 0.394 e. The predicted octanol–water partition coefficient (Wildman–Crippen LogP) is 4.48. The molecule has 3 N–H and O–H groups in total. The lowest BCUT2D eigenvalue weighted by molar-refractivity contribution is -0.117. The van der Waals surface area contributed by atoms with E-state index in [-0.39, 0.29) is 17.4 Å². The molecule has 2 aromatic carbocycles. The first-order valence-electron chi connectivity index (χ1n) is 7.55. The van der Waals surface area contributed by atoms with Crippen molar-refractivity contribution in [2.75, 3.05) is 11.1 Å². The van der Waals surface area contributed by atoms with Gasteiger partial charge in [-0.3, -0.25) is 4.79 Å². The zero-order valence-corrected chi connectivity index (χ0v) is 14.0. The van der Waals surface area contributed by atoms with Crippen LogP contribution in [0.5, 0.6) is 0 Å². The van der Waals surface area contributed by atoms with Crippen LogP contribution in [0.4, 0.5) is 20.2 Å². The van der Waals surface area contributed by atoms with Crippen LogP contribution in [0.15, 0.2) is 30.3 Å². The number of benzene rings is 2. The van der Waals surface area contributed by atoms with Gasteiger partial charge in [-0.1, -0.05) is 6.07 Å². The molecule has 6 heteroatoms. The number of amides is 1. The summed E-state index contributed by atoms with van der Waals surface area (Å²) in [6, 6.07) is 7.61. The van der Waals surface area contributed by atoms with E-state index in [2.05, 4.69) is 5.32 Å². The van der Waals surface area contributed by atoms with Gasteiger partial charge in [0, 0.05) is 11.3 Å². The Morgan fingerprint density at radius 1 is 1.29 bits per heavy atom. The van der Waals surface area contributed by atoms with E-state index in [0.717, 1.165) is 11.6 Å². The van der Waals surface area contributed by atoms with Crippen LogP contribution in [0.1, 0.15) is 18.9 Å². The molecule has 0 radical (unpaired) electrons. The number of hydrogen-bond acceptors (Lipinski definition) is 2. The molecule has 1 aliphatic rings. The minimum atomic E-state index is -0.808. The fourth-order valence-electron chi connectivity index (χ4n) is 2.70. The van der Waals surface area contributed by atoms with Crippen LogP contribution >= 0.6 is 11.6 Å². The molecule has 2 unspecified atom stereocenters. The highest BCUT2D eigenvalue weighted by Crippen LogP contribution is 2.49. The summed E-state index contributed by atoms with van der Waals surface area (Å²) in [5.74, 6) is -2.01. The molecule has 3 rings (SSSR count). The van der Waals surface area contributed by atoms with Crippen molar-refractivity contribution in [3.05, 3.63) is 47.5 Å². The van der Waals surface area contributed by atoms with Gasteiger partial charge in [0.15, 0.2) is 5.82 Å². The van der Waals surface area contributed by atoms with Crippen LogP contribution in [-0.2, 0) is 4.79 Å². The first-order valence-corrected chi connectivity index (χ1v) is 7.93. The molecule has 0 aromatic heterocycles. The van der Waals surface area contributed by atoms with Gasteiger partial charge < -0.3 is 11.1 Å². The second-order valence-electron chi connectivity index (χ2n) is 6.38. The van der Waals surface area contributed by atoms with E-state index in [0.29, 0.717) is 17.7 Å². The van der Waals surface area contributed by atoms with Crippen molar-refractivity contribution >= 4 is 28.9 Å². The number of alkyl halides is 1. The van der Waals surface area contributed by atoms with E-state index in [1.807, 2.05) is 6.92 Å². The standard InChI is InChI=1S/C18H17ClF2N2O/c1-9-3-4-10(23-17(24)13-8-18(13,2)19)7-12(9)11-5-6-14(20)16(22)15(11)21/h3-7,13H,8,22H2,1-2H3,(H,23,24). The van der Waals surface area contributed by atoms with Crippen LogP contribution < -0.4 is 11.1 Å². The Bertz CT molecular complexity index is 836. The monoisotopic (exact) mass is 350 g/mol. The van der Waals surface area contributed by atoms with Gasteiger partial charge in [0.2, 0.25) is 5.91 Å². The van der Waals surface area contributed by atoms with Crippen LogP contribution in [0.25, 0.3) is 11.1 Å². The molecule has 1 aliphatic carbocycles. The molecule has 24 heavy (non-hydrogen) atoms. The third-order valence-electron chi connectivity index (χ3n) is 4.41. The average molecular weight is 351 g/mol. The minimum Gasteiger partial charge on any atom is -0.394 e. The normalized spacial score (nSPS) is 22.3. The lowest BCUT2D eigenvalue weighted by atomic mass is 9.98. The molecule has 0 saturated heterocycles. The molecule has 0 bridgehead atoms. The van der Waals surface area contributed by atoms with E-state index in [9.17, 15) is 13.6 Å². The highest BCUT2D eigenvalue weighted by atomic mass is 35.5. The van der Waals surface area contributed by atoms with Crippen LogP contribution in [0.3, 0.4) is 0 Å². The van der Waals surface area contributed by atoms with Crippen molar-refractivity contribution in [3.63, 3.8) is 0 Å². The van der Waals surface area contributed by atoms with E-state index in [4.69, 9.17) is 17.3 Å². The first-order chi connectivity index (χ1) is 11.2. The molecule has 1 saturated carbocycles. The molecule has 126 valence electrons. The van der Waals surface area contributed by atoms with Gasteiger partial charge in [0.05, 0.1) is 10.8 Å². The third-order valence-corrected chi connectivity index (χ3v) is 4.83. The number of nitrogen functional groups attached to an aromatic ring is 1. The summed E-state index contributed by atoms with van der Waals surface area (Å²) in [7, 11) is 0. The Hall–Kier alpha value is -2.14. The van der Waals surface area contributed by atoms with E-state index < -0.39 is 22.2 Å².